The van der Waals surface area contributed by atoms with Crippen molar-refractivity contribution in [3.05, 3.63) is 41.5 Å². The Morgan fingerprint density at radius 2 is 1.76 bits per heavy atom. The quantitative estimate of drug-likeness (QED) is 0.834. The SMILES string of the molecule is N#Cc1c(SCCO)nc(N2CCCC2)c(C#N)c1-c1ccccc1. The van der Waals surface area contributed by atoms with E-state index >= 15 is 0 Å². The summed E-state index contributed by atoms with van der Waals surface area (Å²) in [5.74, 6) is 1.11. The smallest absolute Gasteiger partial charge is 0.148 e. The van der Waals surface area contributed by atoms with Gasteiger partial charge in [-0.05, 0) is 18.4 Å². The molecule has 126 valence electrons. The minimum atomic E-state index is 0.0108. The van der Waals surface area contributed by atoms with Crippen molar-refractivity contribution in [3.63, 3.8) is 0 Å². The normalized spacial score (nSPS) is 13.5. The molecule has 1 aromatic heterocycles. The number of hydrogen-bond donors (Lipinski definition) is 1. The first-order valence-corrected chi connectivity index (χ1v) is 9.21. The number of nitrogens with zero attached hydrogens (tertiary/aromatic N) is 4. The molecule has 6 heteroatoms. The van der Waals surface area contributed by atoms with Gasteiger partial charge in [-0.3, -0.25) is 0 Å². The van der Waals surface area contributed by atoms with Gasteiger partial charge in [-0.2, -0.15) is 10.5 Å². The van der Waals surface area contributed by atoms with Crippen molar-refractivity contribution in [2.75, 3.05) is 30.3 Å². The van der Waals surface area contributed by atoms with Gasteiger partial charge >= 0.3 is 0 Å². The number of aliphatic hydroxyl groups excluding tert-OH is 1. The molecule has 2 heterocycles. The fourth-order valence-electron chi connectivity index (χ4n) is 3.06. The Kier molecular flexibility index (Phi) is 5.55. The van der Waals surface area contributed by atoms with Crippen molar-refractivity contribution in [2.24, 2.45) is 0 Å². The van der Waals surface area contributed by atoms with Gasteiger partial charge in [-0.1, -0.05) is 30.3 Å². The van der Waals surface area contributed by atoms with Crippen LogP contribution in [0.2, 0.25) is 0 Å². The van der Waals surface area contributed by atoms with E-state index in [0.717, 1.165) is 31.5 Å². The van der Waals surface area contributed by atoms with Crippen LogP contribution >= 0.6 is 11.8 Å². The van der Waals surface area contributed by atoms with Crippen LogP contribution in [0, 0.1) is 22.7 Å². The van der Waals surface area contributed by atoms with Crippen LogP contribution in [0.3, 0.4) is 0 Å². The van der Waals surface area contributed by atoms with Crippen molar-refractivity contribution in [1.29, 1.82) is 10.5 Å². The molecule has 1 aliphatic rings. The first kappa shape index (κ1) is 17.3. The van der Waals surface area contributed by atoms with Gasteiger partial charge < -0.3 is 10.0 Å². The number of nitriles is 2. The molecule has 0 spiro atoms. The van der Waals surface area contributed by atoms with Crippen LogP contribution in [-0.4, -0.2) is 35.5 Å². The minimum Gasteiger partial charge on any atom is -0.396 e. The monoisotopic (exact) mass is 350 g/mol. The van der Waals surface area contributed by atoms with Gasteiger partial charge in [-0.15, -0.1) is 11.8 Å². The lowest BCUT2D eigenvalue weighted by atomic mass is 9.96. The largest absolute Gasteiger partial charge is 0.396 e. The molecule has 1 N–H and O–H groups in total. The summed E-state index contributed by atoms with van der Waals surface area (Å²) >= 11 is 1.35. The first-order chi connectivity index (χ1) is 12.3. The van der Waals surface area contributed by atoms with E-state index in [4.69, 9.17) is 5.11 Å². The molecule has 3 rings (SSSR count). The summed E-state index contributed by atoms with van der Waals surface area (Å²) in [6, 6.07) is 14.0. The molecule has 1 fully saturated rings. The second-order valence-corrected chi connectivity index (χ2v) is 6.81. The molecule has 0 amide bonds. The number of anilines is 1. The van der Waals surface area contributed by atoms with E-state index in [1.807, 2.05) is 30.3 Å². The van der Waals surface area contributed by atoms with E-state index in [-0.39, 0.29) is 6.61 Å². The fourth-order valence-corrected chi connectivity index (χ4v) is 3.79. The number of aromatic nitrogens is 1. The molecule has 0 atom stereocenters. The van der Waals surface area contributed by atoms with Gasteiger partial charge in [0, 0.05) is 24.4 Å². The zero-order valence-corrected chi connectivity index (χ0v) is 14.6. The highest BCUT2D eigenvalue weighted by Crippen LogP contribution is 2.38. The minimum absolute atomic E-state index is 0.0108. The van der Waals surface area contributed by atoms with Crippen molar-refractivity contribution < 1.29 is 5.11 Å². The van der Waals surface area contributed by atoms with Crippen LogP contribution in [0.1, 0.15) is 24.0 Å². The molecule has 0 radical (unpaired) electrons. The Bertz CT molecular complexity index is 833. The Morgan fingerprint density at radius 3 is 2.36 bits per heavy atom. The lowest BCUT2D eigenvalue weighted by Gasteiger charge is -2.22. The van der Waals surface area contributed by atoms with Crippen LogP contribution in [0.4, 0.5) is 5.82 Å². The summed E-state index contributed by atoms with van der Waals surface area (Å²) in [5, 5.41) is 29.3. The summed E-state index contributed by atoms with van der Waals surface area (Å²) in [5.41, 5.74) is 2.34. The van der Waals surface area contributed by atoms with E-state index < -0.39 is 0 Å². The highest BCUT2D eigenvalue weighted by Gasteiger charge is 2.25. The van der Waals surface area contributed by atoms with Gasteiger partial charge in [0.25, 0.3) is 0 Å². The summed E-state index contributed by atoms with van der Waals surface area (Å²) < 4.78 is 0. The fraction of sp³-hybridized carbons (Fsp3) is 0.316. The third-order valence-corrected chi connectivity index (χ3v) is 5.12. The van der Waals surface area contributed by atoms with E-state index in [2.05, 4.69) is 22.0 Å². The molecule has 1 saturated heterocycles. The Morgan fingerprint density at radius 1 is 1.08 bits per heavy atom. The highest BCUT2D eigenvalue weighted by molar-refractivity contribution is 7.99. The molecular weight excluding hydrogens is 332 g/mol. The summed E-state index contributed by atoms with van der Waals surface area (Å²) in [7, 11) is 0. The number of rotatable bonds is 5. The molecule has 0 aliphatic carbocycles. The Labute approximate surface area is 151 Å². The van der Waals surface area contributed by atoms with Crippen LogP contribution in [-0.2, 0) is 0 Å². The van der Waals surface area contributed by atoms with E-state index in [1.165, 1.54) is 11.8 Å². The van der Waals surface area contributed by atoms with Crippen LogP contribution in [0.5, 0.6) is 0 Å². The second-order valence-electron chi connectivity index (χ2n) is 5.72. The van der Waals surface area contributed by atoms with Crippen molar-refractivity contribution in [3.8, 4) is 23.3 Å². The van der Waals surface area contributed by atoms with Crippen molar-refractivity contribution >= 4 is 17.6 Å². The zero-order valence-electron chi connectivity index (χ0n) is 13.8. The maximum atomic E-state index is 9.83. The van der Waals surface area contributed by atoms with E-state index in [1.54, 1.807) is 0 Å². The summed E-state index contributed by atoms with van der Waals surface area (Å²) in [6.45, 7) is 1.74. The molecule has 0 bridgehead atoms. The predicted molar refractivity (Wildman–Crippen MR) is 98.4 cm³/mol. The predicted octanol–water partition coefficient (Wildman–Crippen LogP) is 3.18. The molecule has 0 unspecified atom stereocenters. The van der Waals surface area contributed by atoms with Crippen LogP contribution < -0.4 is 4.90 Å². The van der Waals surface area contributed by atoms with Crippen LogP contribution in [0.25, 0.3) is 11.1 Å². The third-order valence-electron chi connectivity index (χ3n) is 4.17. The molecule has 25 heavy (non-hydrogen) atoms. The number of hydrogen-bond acceptors (Lipinski definition) is 6. The summed E-state index contributed by atoms with van der Waals surface area (Å²) in [4.78, 5) is 6.77. The number of thioether (sulfide) groups is 1. The Balaban J connectivity index is 2.27. The maximum absolute atomic E-state index is 9.83. The van der Waals surface area contributed by atoms with E-state index in [0.29, 0.717) is 33.3 Å². The lowest BCUT2D eigenvalue weighted by molar-refractivity contribution is 0.322. The van der Waals surface area contributed by atoms with Gasteiger partial charge in [0.2, 0.25) is 0 Å². The van der Waals surface area contributed by atoms with Crippen molar-refractivity contribution in [2.45, 2.75) is 17.9 Å². The van der Waals surface area contributed by atoms with Gasteiger partial charge in [0.1, 0.15) is 28.5 Å². The van der Waals surface area contributed by atoms with E-state index in [9.17, 15) is 10.5 Å². The van der Waals surface area contributed by atoms with Gasteiger partial charge in [0.05, 0.1) is 12.2 Å². The first-order valence-electron chi connectivity index (χ1n) is 8.22. The molecule has 1 aliphatic heterocycles. The average Bonchev–Trinajstić information content (AvgIpc) is 3.20. The topological polar surface area (TPSA) is 83.9 Å². The maximum Gasteiger partial charge on any atom is 0.148 e. The molecular formula is C19H18N4OS. The Hall–Kier alpha value is -2.54. The molecule has 1 aromatic carbocycles. The lowest BCUT2D eigenvalue weighted by Crippen LogP contribution is -2.21. The number of benzene rings is 1. The standard InChI is InChI=1S/C19H18N4OS/c20-12-15-17(14-6-2-1-3-7-14)16(13-21)19(25-11-10-24)22-18(15)23-8-4-5-9-23/h1-3,6-7,24H,4-5,8-11H2. The van der Waals surface area contributed by atoms with Gasteiger partial charge in [-0.25, -0.2) is 4.98 Å². The molecule has 2 aromatic rings. The summed E-state index contributed by atoms with van der Waals surface area (Å²) in [6.07, 6.45) is 2.15. The highest BCUT2D eigenvalue weighted by atomic mass is 32.2. The van der Waals surface area contributed by atoms with Crippen LogP contribution in [0.15, 0.2) is 35.4 Å². The third kappa shape index (κ3) is 3.46. The zero-order chi connectivity index (χ0) is 17.6. The van der Waals surface area contributed by atoms with Crippen molar-refractivity contribution in [1.82, 2.24) is 4.98 Å². The number of aliphatic hydroxyl groups is 1. The average molecular weight is 350 g/mol. The second kappa shape index (κ2) is 8.02. The molecule has 5 nitrogen and oxygen atoms in total. The molecule has 0 saturated carbocycles. The van der Waals surface area contributed by atoms with Gasteiger partial charge in [0.15, 0.2) is 0 Å². The number of pyridine rings is 1.